The molecule has 0 aromatic carbocycles. The third kappa shape index (κ3) is 6.76. The van der Waals surface area contributed by atoms with Crippen LogP contribution in [0, 0.1) is 0 Å². The topological polar surface area (TPSA) is 58.4 Å². The zero-order valence-electron chi connectivity index (χ0n) is 9.95. The molecule has 0 heterocycles. The van der Waals surface area contributed by atoms with Gasteiger partial charge in [-0.25, -0.2) is 0 Å². The summed E-state index contributed by atoms with van der Waals surface area (Å²) in [4.78, 5) is 13.4. The van der Waals surface area contributed by atoms with Gasteiger partial charge in [-0.15, -0.1) is 0 Å². The summed E-state index contributed by atoms with van der Waals surface area (Å²) in [6.07, 6.45) is 3.75. The van der Waals surface area contributed by atoms with E-state index in [2.05, 4.69) is 5.32 Å². The molecule has 0 saturated carbocycles. The van der Waals surface area contributed by atoms with Crippen molar-refractivity contribution in [3.8, 4) is 0 Å². The van der Waals surface area contributed by atoms with Crippen molar-refractivity contribution in [2.24, 2.45) is 5.73 Å². The molecule has 3 N–H and O–H groups in total. The molecule has 0 fully saturated rings. The lowest BCUT2D eigenvalue weighted by molar-refractivity contribution is -0.131. The lowest BCUT2D eigenvalue weighted by Gasteiger charge is -2.21. The number of nitrogens with zero attached hydrogens (tertiary/aromatic N) is 1. The molecular formula is C10H23N3OS. The Kier molecular flexibility index (Phi) is 8.85. The summed E-state index contributed by atoms with van der Waals surface area (Å²) in [7, 11) is 3.73. The van der Waals surface area contributed by atoms with Crippen LogP contribution in [0.25, 0.3) is 0 Å². The molecule has 0 rings (SSSR count). The average Bonchev–Trinajstić information content (AvgIpc) is 2.24. The van der Waals surface area contributed by atoms with Gasteiger partial charge in [-0.3, -0.25) is 4.79 Å². The fourth-order valence-corrected chi connectivity index (χ4v) is 1.74. The van der Waals surface area contributed by atoms with E-state index >= 15 is 0 Å². The van der Waals surface area contributed by atoms with Crippen LogP contribution >= 0.6 is 11.8 Å². The fourth-order valence-electron chi connectivity index (χ4n) is 1.25. The molecule has 0 unspecified atom stereocenters. The largest absolute Gasteiger partial charge is 0.344 e. The normalized spacial score (nSPS) is 12.5. The van der Waals surface area contributed by atoms with Crippen molar-refractivity contribution in [1.82, 2.24) is 10.2 Å². The van der Waals surface area contributed by atoms with Crippen LogP contribution in [0.15, 0.2) is 0 Å². The summed E-state index contributed by atoms with van der Waals surface area (Å²) in [5, 5.41) is 3.05. The van der Waals surface area contributed by atoms with Crippen LogP contribution in [0.5, 0.6) is 0 Å². The Morgan fingerprint density at radius 1 is 1.60 bits per heavy atom. The summed E-state index contributed by atoms with van der Waals surface area (Å²) in [5.41, 5.74) is 5.79. The highest BCUT2D eigenvalue weighted by molar-refractivity contribution is 7.98. The fraction of sp³-hybridized carbons (Fsp3) is 0.900. The van der Waals surface area contributed by atoms with Gasteiger partial charge in [0.15, 0.2) is 0 Å². The van der Waals surface area contributed by atoms with Crippen molar-refractivity contribution in [3.05, 3.63) is 0 Å². The van der Waals surface area contributed by atoms with Gasteiger partial charge in [0.05, 0.1) is 6.04 Å². The Hall–Kier alpha value is -0.260. The van der Waals surface area contributed by atoms with Crippen molar-refractivity contribution in [3.63, 3.8) is 0 Å². The van der Waals surface area contributed by atoms with Crippen molar-refractivity contribution in [1.29, 1.82) is 0 Å². The summed E-state index contributed by atoms with van der Waals surface area (Å²) in [6.45, 7) is 1.70. The molecule has 0 aromatic heterocycles. The van der Waals surface area contributed by atoms with Crippen LogP contribution in [0.1, 0.15) is 12.8 Å². The summed E-state index contributed by atoms with van der Waals surface area (Å²) >= 11 is 1.72. The predicted octanol–water partition coefficient (Wildman–Crippen LogP) is 0.135. The molecule has 1 atom stereocenters. The van der Waals surface area contributed by atoms with Gasteiger partial charge in [-0.1, -0.05) is 0 Å². The predicted molar refractivity (Wildman–Crippen MR) is 67.2 cm³/mol. The van der Waals surface area contributed by atoms with Gasteiger partial charge >= 0.3 is 0 Å². The van der Waals surface area contributed by atoms with Crippen LogP contribution in [0.2, 0.25) is 0 Å². The number of amides is 1. The minimum absolute atomic E-state index is 0.0557. The van der Waals surface area contributed by atoms with Gasteiger partial charge in [0.1, 0.15) is 0 Å². The molecule has 0 bridgehead atoms. The van der Waals surface area contributed by atoms with Gasteiger partial charge in [0, 0.05) is 13.6 Å². The van der Waals surface area contributed by atoms with Gasteiger partial charge in [-0.2, -0.15) is 11.8 Å². The Balaban J connectivity index is 3.75. The summed E-state index contributed by atoms with van der Waals surface area (Å²) in [5.74, 6) is 0.997. The number of carbonyl (C=O) groups is 1. The van der Waals surface area contributed by atoms with Crippen molar-refractivity contribution in [2.45, 2.75) is 18.9 Å². The lowest BCUT2D eigenvalue weighted by Crippen LogP contribution is -2.42. The van der Waals surface area contributed by atoms with E-state index in [-0.39, 0.29) is 11.9 Å². The number of hydrogen-bond acceptors (Lipinski definition) is 4. The molecule has 15 heavy (non-hydrogen) atoms. The maximum Gasteiger partial charge on any atom is 0.239 e. The molecule has 0 saturated heterocycles. The van der Waals surface area contributed by atoms with Gasteiger partial charge in [-0.05, 0) is 38.4 Å². The molecule has 0 aliphatic carbocycles. The second-order valence-corrected chi connectivity index (χ2v) is 4.59. The minimum atomic E-state index is -0.336. The molecule has 0 radical (unpaired) electrons. The van der Waals surface area contributed by atoms with Crippen molar-refractivity contribution >= 4 is 17.7 Å². The highest BCUT2D eigenvalue weighted by atomic mass is 32.2. The number of nitrogens with one attached hydrogen (secondary N) is 1. The van der Waals surface area contributed by atoms with Crippen molar-refractivity contribution in [2.75, 3.05) is 39.2 Å². The quantitative estimate of drug-likeness (QED) is 0.585. The monoisotopic (exact) mass is 233 g/mol. The van der Waals surface area contributed by atoms with Gasteiger partial charge < -0.3 is 16.0 Å². The number of nitrogens with two attached hydrogens (primary N) is 1. The number of thioether (sulfide) groups is 1. The van der Waals surface area contributed by atoms with Crippen molar-refractivity contribution < 1.29 is 4.79 Å². The Morgan fingerprint density at radius 2 is 2.27 bits per heavy atom. The number of hydrogen-bond donors (Lipinski definition) is 2. The zero-order chi connectivity index (χ0) is 11.7. The molecule has 4 nitrogen and oxygen atoms in total. The van der Waals surface area contributed by atoms with Gasteiger partial charge in [0.2, 0.25) is 5.91 Å². The standard InChI is InChI=1S/C10H23N3OS/c1-12-6-4-7-13(2)10(14)9(11)5-8-15-3/h9,12H,4-8,11H2,1-3H3/t9-/m0/s1. The third-order valence-corrected chi connectivity index (χ3v) is 2.89. The lowest BCUT2D eigenvalue weighted by atomic mass is 10.2. The van der Waals surface area contributed by atoms with Gasteiger partial charge in [0.25, 0.3) is 0 Å². The van der Waals surface area contributed by atoms with E-state index in [1.165, 1.54) is 0 Å². The molecule has 0 aliphatic heterocycles. The van der Waals surface area contributed by atoms with Crippen LogP contribution in [0.3, 0.4) is 0 Å². The maximum absolute atomic E-state index is 11.7. The van der Waals surface area contributed by atoms with E-state index < -0.39 is 0 Å². The highest BCUT2D eigenvalue weighted by Gasteiger charge is 2.16. The molecule has 0 aromatic rings. The van der Waals surface area contributed by atoms with E-state index in [0.717, 1.165) is 31.7 Å². The first-order valence-corrected chi connectivity index (χ1v) is 6.67. The molecule has 90 valence electrons. The first-order chi connectivity index (χ1) is 7.13. The molecule has 0 aliphatic rings. The summed E-state index contributed by atoms with van der Waals surface area (Å²) < 4.78 is 0. The van der Waals surface area contributed by atoms with Crippen LogP contribution in [0.4, 0.5) is 0 Å². The second kappa shape index (κ2) is 9.00. The van der Waals surface area contributed by atoms with Crippen LogP contribution in [-0.4, -0.2) is 56.0 Å². The average molecular weight is 233 g/mol. The van der Waals surface area contributed by atoms with E-state index in [1.54, 1.807) is 16.7 Å². The Labute approximate surface area is 97.0 Å². The zero-order valence-corrected chi connectivity index (χ0v) is 10.8. The van der Waals surface area contributed by atoms with Crippen LogP contribution < -0.4 is 11.1 Å². The second-order valence-electron chi connectivity index (χ2n) is 3.60. The SMILES string of the molecule is CNCCCN(C)C(=O)[C@@H](N)CCSC. The first-order valence-electron chi connectivity index (χ1n) is 5.27. The Morgan fingerprint density at radius 3 is 2.80 bits per heavy atom. The minimum Gasteiger partial charge on any atom is -0.344 e. The number of likely N-dealkylation sites (N-methyl/N-ethyl adjacent to an activating group) is 1. The molecule has 1 amide bonds. The Bertz CT molecular complexity index is 178. The number of carbonyl (C=O) groups excluding carboxylic acids is 1. The van der Waals surface area contributed by atoms with E-state index in [9.17, 15) is 4.79 Å². The van der Waals surface area contributed by atoms with E-state index in [4.69, 9.17) is 5.73 Å². The van der Waals surface area contributed by atoms with E-state index in [0.29, 0.717) is 0 Å². The highest BCUT2D eigenvalue weighted by Crippen LogP contribution is 2.01. The number of rotatable bonds is 8. The first kappa shape index (κ1) is 14.7. The maximum atomic E-state index is 11.7. The third-order valence-electron chi connectivity index (χ3n) is 2.25. The molecule has 0 spiro atoms. The van der Waals surface area contributed by atoms with Crippen LogP contribution in [-0.2, 0) is 4.79 Å². The molecular weight excluding hydrogens is 210 g/mol. The summed E-state index contributed by atoms with van der Waals surface area (Å²) in [6, 6.07) is -0.336. The van der Waals surface area contributed by atoms with E-state index in [1.807, 2.05) is 20.4 Å². The molecule has 5 heteroatoms. The smallest absolute Gasteiger partial charge is 0.239 e.